The van der Waals surface area contributed by atoms with Crippen molar-refractivity contribution in [3.63, 3.8) is 0 Å². The summed E-state index contributed by atoms with van der Waals surface area (Å²) < 4.78 is 12.5. The van der Waals surface area contributed by atoms with Gasteiger partial charge in [-0.15, -0.1) is 0 Å². The lowest BCUT2D eigenvalue weighted by atomic mass is 10.1. The summed E-state index contributed by atoms with van der Waals surface area (Å²) >= 11 is 3.43. The van der Waals surface area contributed by atoms with Crippen molar-refractivity contribution in [2.24, 2.45) is 0 Å². The van der Waals surface area contributed by atoms with E-state index < -0.39 is 0 Å². The van der Waals surface area contributed by atoms with Gasteiger partial charge in [0.15, 0.2) is 0 Å². The third-order valence-corrected chi connectivity index (χ3v) is 5.11. The first-order chi connectivity index (χ1) is 14.9. The molecule has 2 aromatic carbocycles. The first kappa shape index (κ1) is 23.0. The van der Waals surface area contributed by atoms with Crippen molar-refractivity contribution < 1.29 is 14.3 Å². The van der Waals surface area contributed by atoms with Gasteiger partial charge in [0.05, 0.1) is 17.4 Å². The van der Waals surface area contributed by atoms with Crippen molar-refractivity contribution in [2.45, 2.75) is 39.7 Å². The van der Waals surface area contributed by atoms with Crippen LogP contribution in [0.2, 0.25) is 0 Å². The molecule has 1 amide bonds. The Kier molecular flexibility index (Phi) is 8.20. The quantitative estimate of drug-likeness (QED) is 0.375. The van der Waals surface area contributed by atoms with E-state index in [2.05, 4.69) is 33.2 Å². The fourth-order valence-electron chi connectivity index (χ4n) is 3.14. The van der Waals surface area contributed by atoms with Gasteiger partial charge < -0.3 is 14.8 Å². The lowest BCUT2D eigenvalue weighted by Gasteiger charge is -2.13. The minimum absolute atomic E-state index is 0.0968. The van der Waals surface area contributed by atoms with Crippen LogP contribution in [0.5, 0.6) is 11.5 Å². The molecule has 0 saturated carbocycles. The topological polar surface area (TPSA) is 60.5 Å². The fourth-order valence-corrected chi connectivity index (χ4v) is 3.52. The summed E-state index contributed by atoms with van der Waals surface area (Å²) in [7, 11) is 0. The van der Waals surface area contributed by atoms with E-state index in [9.17, 15) is 4.79 Å². The van der Waals surface area contributed by atoms with Crippen molar-refractivity contribution in [3.8, 4) is 11.5 Å². The van der Waals surface area contributed by atoms with Crippen LogP contribution < -0.4 is 10.1 Å². The van der Waals surface area contributed by atoms with Gasteiger partial charge >= 0.3 is 0 Å². The maximum absolute atomic E-state index is 12.8. The predicted molar refractivity (Wildman–Crippen MR) is 127 cm³/mol. The SMILES string of the molecule is CCCOC(C)Cc1ccc(C(=O)Nc2cccc(Oc3cccc(Br)c3)c2)c(C)n1. The Morgan fingerprint density at radius 3 is 2.55 bits per heavy atom. The molecule has 6 heteroatoms. The number of nitrogens with one attached hydrogen (secondary N) is 1. The van der Waals surface area contributed by atoms with Crippen molar-refractivity contribution in [1.29, 1.82) is 0 Å². The van der Waals surface area contributed by atoms with Crippen molar-refractivity contribution in [1.82, 2.24) is 4.98 Å². The van der Waals surface area contributed by atoms with Crippen LogP contribution >= 0.6 is 15.9 Å². The van der Waals surface area contributed by atoms with Gasteiger partial charge in [0.1, 0.15) is 11.5 Å². The lowest BCUT2D eigenvalue weighted by molar-refractivity contribution is 0.0663. The molecule has 3 aromatic rings. The minimum atomic E-state index is -0.202. The molecule has 0 spiro atoms. The Bertz CT molecular complexity index is 1040. The molecular formula is C25H27BrN2O3. The minimum Gasteiger partial charge on any atom is -0.457 e. The molecule has 0 aliphatic rings. The van der Waals surface area contributed by atoms with Gasteiger partial charge in [0.25, 0.3) is 5.91 Å². The number of carbonyl (C=O) groups excluding carboxylic acids is 1. The molecule has 0 bridgehead atoms. The highest BCUT2D eigenvalue weighted by Crippen LogP contribution is 2.26. The summed E-state index contributed by atoms with van der Waals surface area (Å²) in [6.07, 6.45) is 1.81. The van der Waals surface area contributed by atoms with E-state index in [4.69, 9.17) is 9.47 Å². The van der Waals surface area contributed by atoms with Crippen LogP contribution in [0.1, 0.15) is 42.0 Å². The molecule has 0 aliphatic heterocycles. The zero-order chi connectivity index (χ0) is 22.2. The van der Waals surface area contributed by atoms with Gasteiger partial charge in [-0.1, -0.05) is 35.0 Å². The van der Waals surface area contributed by atoms with Gasteiger partial charge in [-0.2, -0.15) is 0 Å². The second-order valence-electron chi connectivity index (χ2n) is 7.36. The Balaban J connectivity index is 1.66. The molecule has 0 saturated heterocycles. The monoisotopic (exact) mass is 482 g/mol. The van der Waals surface area contributed by atoms with Crippen LogP contribution in [0, 0.1) is 6.92 Å². The Hall–Kier alpha value is -2.70. The zero-order valence-electron chi connectivity index (χ0n) is 18.0. The largest absolute Gasteiger partial charge is 0.457 e. The smallest absolute Gasteiger partial charge is 0.257 e. The van der Waals surface area contributed by atoms with E-state index in [1.54, 1.807) is 6.07 Å². The molecule has 3 rings (SSSR count). The van der Waals surface area contributed by atoms with Crippen molar-refractivity contribution in [2.75, 3.05) is 11.9 Å². The molecule has 0 aliphatic carbocycles. The molecule has 1 N–H and O–H groups in total. The van der Waals surface area contributed by atoms with Gasteiger partial charge in [-0.05, 0) is 62.7 Å². The standard InChI is InChI=1S/C25H27BrN2O3/c1-4-13-30-17(2)14-21-11-12-24(18(3)27-21)25(29)28-20-8-6-10-23(16-20)31-22-9-5-7-19(26)15-22/h5-12,15-17H,4,13-14H2,1-3H3,(H,28,29). The molecule has 5 nitrogen and oxygen atoms in total. The summed E-state index contributed by atoms with van der Waals surface area (Å²) in [5.74, 6) is 1.15. The molecular weight excluding hydrogens is 456 g/mol. The average molecular weight is 483 g/mol. The predicted octanol–water partition coefficient (Wildman–Crippen LogP) is 6.55. The lowest BCUT2D eigenvalue weighted by Crippen LogP contribution is -2.16. The summed E-state index contributed by atoms with van der Waals surface area (Å²) in [5.41, 5.74) is 2.81. The Morgan fingerprint density at radius 2 is 1.84 bits per heavy atom. The average Bonchev–Trinajstić information content (AvgIpc) is 2.72. The number of carbonyl (C=O) groups is 1. The second-order valence-corrected chi connectivity index (χ2v) is 8.28. The van der Waals surface area contributed by atoms with E-state index in [0.717, 1.165) is 29.6 Å². The third kappa shape index (κ3) is 6.91. The number of aromatic nitrogens is 1. The van der Waals surface area contributed by atoms with Crippen LogP contribution in [0.3, 0.4) is 0 Å². The Morgan fingerprint density at radius 1 is 1.10 bits per heavy atom. The number of pyridine rings is 1. The summed E-state index contributed by atoms with van der Waals surface area (Å²) in [4.78, 5) is 17.4. The number of rotatable bonds is 9. The Labute approximate surface area is 191 Å². The zero-order valence-corrected chi connectivity index (χ0v) is 19.6. The highest BCUT2D eigenvalue weighted by Gasteiger charge is 2.13. The third-order valence-electron chi connectivity index (χ3n) is 4.61. The van der Waals surface area contributed by atoms with Crippen molar-refractivity contribution in [3.05, 3.63) is 82.1 Å². The molecule has 162 valence electrons. The van der Waals surface area contributed by atoms with E-state index in [0.29, 0.717) is 28.4 Å². The molecule has 31 heavy (non-hydrogen) atoms. The van der Waals surface area contributed by atoms with Crippen LogP contribution in [-0.2, 0) is 11.2 Å². The molecule has 1 aromatic heterocycles. The van der Waals surface area contributed by atoms with Crippen LogP contribution in [0.25, 0.3) is 0 Å². The van der Waals surface area contributed by atoms with Crippen LogP contribution in [0.15, 0.2) is 65.1 Å². The number of benzene rings is 2. The van der Waals surface area contributed by atoms with Gasteiger partial charge in [0, 0.05) is 34.9 Å². The second kappa shape index (κ2) is 11.1. The van der Waals surface area contributed by atoms with Crippen LogP contribution in [-0.4, -0.2) is 23.6 Å². The van der Waals surface area contributed by atoms with Gasteiger partial charge in [0.2, 0.25) is 0 Å². The van der Waals surface area contributed by atoms with Crippen molar-refractivity contribution >= 4 is 27.5 Å². The maximum Gasteiger partial charge on any atom is 0.257 e. The first-order valence-electron chi connectivity index (χ1n) is 10.4. The number of ether oxygens (including phenoxy) is 2. The van der Waals surface area contributed by atoms with E-state index in [1.807, 2.05) is 68.4 Å². The maximum atomic E-state index is 12.8. The number of hydrogen-bond acceptors (Lipinski definition) is 4. The molecule has 1 unspecified atom stereocenters. The van der Waals surface area contributed by atoms with Gasteiger partial charge in [-0.25, -0.2) is 0 Å². The highest BCUT2D eigenvalue weighted by atomic mass is 79.9. The number of aryl methyl sites for hydroxylation is 1. The summed E-state index contributed by atoms with van der Waals surface area (Å²) in [6, 6.07) is 18.6. The summed E-state index contributed by atoms with van der Waals surface area (Å²) in [6.45, 7) is 6.72. The number of hydrogen-bond donors (Lipinski definition) is 1. The van der Waals surface area contributed by atoms with E-state index in [-0.39, 0.29) is 12.0 Å². The van der Waals surface area contributed by atoms with Crippen LogP contribution in [0.4, 0.5) is 5.69 Å². The number of nitrogens with zero attached hydrogens (tertiary/aromatic N) is 1. The number of amides is 1. The first-order valence-corrected chi connectivity index (χ1v) is 11.2. The van der Waals surface area contributed by atoms with Gasteiger partial charge in [-0.3, -0.25) is 9.78 Å². The highest BCUT2D eigenvalue weighted by molar-refractivity contribution is 9.10. The number of halogens is 1. The molecule has 1 heterocycles. The van der Waals surface area contributed by atoms with E-state index >= 15 is 0 Å². The van der Waals surface area contributed by atoms with E-state index in [1.165, 1.54) is 0 Å². The normalized spacial score (nSPS) is 11.7. The fraction of sp³-hybridized carbons (Fsp3) is 0.280. The molecule has 1 atom stereocenters. The molecule has 0 radical (unpaired) electrons. The molecule has 0 fully saturated rings. The summed E-state index contributed by atoms with van der Waals surface area (Å²) in [5, 5.41) is 2.93. The number of anilines is 1.